The van der Waals surface area contributed by atoms with Crippen LogP contribution in [0.2, 0.25) is 0 Å². The molecule has 2 nitrogen and oxygen atoms in total. The third-order valence-corrected chi connectivity index (χ3v) is 5.58. The van der Waals surface area contributed by atoms with E-state index in [1.54, 1.807) is 0 Å². The van der Waals surface area contributed by atoms with E-state index in [-0.39, 0.29) is 5.60 Å². The van der Waals surface area contributed by atoms with Gasteiger partial charge in [-0.15, -0.1) is 0 Å². The number of ether oxygens (including phenoxy) is 1. The van der Waals surface area contributed by atoms with Crippen molar-refractivity contribution in [2.24, 2.45) is 5.41 Å². The van der Waals surface area contributed by atoms with Crippen LogP contribution in [0.3, 0.4) is 0 Å². The molecule has 1 N–H and O–H groups in total. The molecule has 1 atom stereocenters. The maximum Gasteiger partial charge on any atom is 0.0811 e. The van der Waals surface area contributed by atoms with Crippen molar-refractivity contribution in [1.29, 1.82) is 0 Å². The third kappa shape index (κ3) is 2.26. The molecule has 0 bridgehead atoms. The Kier molecular flexibility index (Phi) is 3.20. The molecule has 0 radical (unpaired) electrons. The second-order valence-corrected chi connectivity index (χ2v) is 6.67. The minimum atomic E-state index is 0.201. The lowest BCUT2D eigenvalue weighted by molar-refractivity contribution is -0.147. The topological polar surface area (TPSA) is 21.3 Å². The molecule has 3 fully saturated rings. The normalized spacial score (nSPS) is 35.5. The summed E-state index contributed by atoms with van der Waals surface area (Å²) in [5.41, 5.74) is 0.931. The Labute approximate surface area is 105 Å². The molecule has 1 saturated heterocycles. The summed E-state index contributed by atoms with van der Waals surface area (Å²) >= 11 is 0. The molecule has 2 spiro atoms. The maximum absolute atomic E-state index is 6.40. The average Bonchev–Trinajstić information content (AvgIpc) is 2.83. The Morgan fingerprint density at radius 2 is 1.76 bits per heavy atom. The highest BCUT2D eigenvalue weighted by molar-refractivity contribution is 4.99. The zero-order valence-electron chi connectivity index (χ0n) is 11.3. The predicted molar refractivity (Wildman–Crippen MR) is 70.1 cm³/mol. The van der Waals surface area contributed by atoms with E-state index < -0.39 is 0 Å². The summed E-state index contributed by atoms with van der Waals surface area (Å²) in [5.74, 6) is 0. The minimum absolute atomic E-state index is 0.201. The van der Waals surface area contributed by atoms with Crippen LogP contribution in [-0.4, -0.2) is 24.8 Å². The zero-order chi connectivity index (χ0) is 11.8. The third-order valence-electron chi connectivity index (χ3n) is 5.58. The Hall–Kier alpha value is -0.0800. The molecule has 1 aliphatic heterocycles. The number of rotatable bonds is 1. The summed E-state index contributed by atoms with van der Waals surface area (Å²) < 4.78 is 6.40. The Morgan fingerprint density at radius 3 is 2.41 bits per heavy atom. The second kappa shape index (κ2) is 4.55. The van der Waals surface area contributed by atoms with Gasteiger partial charge in [-0.05, 0) is 50.4 Å². The van der Waals surface area contributed by atoms with E-state index in [1.165, 1.54) is 51.4 Å². The molecule has 2 saturated carbocycles. The van der Waals surface area contributed by atoms with Gasteiger partial charge in [0.05, 0.1) is 11.7 Å². The molecule has 98 valence electrons. The van der Waals surface area contributed by atoms with Crippen LogP contribution >= 0.6 is 0 Å². The van der Waals surface area contributed by atoms with Crippen molar-refractivity contribution >= 4 is 0 Å². The van der Waals surface area contributed by atoms with Crippen LogP contribution < -0.4 is 5.32 Å². The molecule has 2 aliphatic carbocycles. The van der Waals surface area contributed by atoms with Gasteiger partial charge >= 0.3 is 0 Å². The van der Waals surface area contributed by atoms with Crippen molar-refractivity contribution in [3.63, 3.8) is 0 Å². The van der Waals surface area contributed by atoms with Gasteiger partial charge in [-0.25, -0.2) is 0 Å². The van der Waals surface area contributed by atoms with Gasteiger partial charge in [0.15, 0.2) is 0 Å². The summed E-state index contributed by atoms with van der Waals surface area (Å²) in [4.78, 5) is 0. The van der Waals surface area contributed by atoms with Crippen LogP contribution in [0.5, 0.6) is 0 Å². The van der Waals surface area contributed by atoms with Crippen molar-refractivity contribution in [3.8, 4) is 0 Å². The first-order valence-corrected chi connectivity index (χ1v) is 7.65. The molecule has 0 aromatic heterocycles. The molecule has 1 unspecified atom stereocenters. The molecule has 0 aromatic carbocycles. The monoisotopic (exact) mass is 237 g/mol. The largest absolute Gasteiger partial charge is 0.369 e. The van der Waals surface area contributed by atoms with Crippen molar-refractivity contribution in [2.45, 2.75) is 76.4 Å². The Balaban J connectivity index is 1.62. The summed E-state index contributed by atoms with van der Waals surface area (Å²) in [6.45, 7) is 4.40. The summed E-state index contributed by atoms with van der Waals surface area (Å²) in [6.07, 6.45) is 13.0. The predicted octanol–water partition coefficient (Wildman–Crippen LogP) is 3.26. The zero-order valence-corrected chi connectivity index (χ0v) is 11.3. The summed E-state index contributed by atoms with van der Waals surface area (Å²) in [5, 5.41) is 3.60. The van der Waals surface area contributed by atoms with Gasteiger partial charge in [-0.1, -0.05) is 19.8 Å². The molecule has 17 heavy (non-hydrogen) atoms. The molecular weight excluding hydrogens is 210 g/mol. The van der Waals surface area contributed by atoms with Gasteiger partial charge in [0.1, 0.15) is 0 Å². The highest BCUT2D eigenvalue weighted by atomic mass is 16.5. The Morgan fingerprint density at radius 1 is 1.06 bits per heavy atom. The lowest BCUT2D eigenvalue weighted by Gasteiger charge is -2.49. The fourth-order valence-electron chi connectivity index (χ4n) is 4.28. The SMILES string of the molecule is CCC1CNCC2(CCC3(CCCC3)CC2)O1. The Bertz CT molecular complexity index is 260. The number of hydrogen-bond acceptors (Lipinski definition) is 2. The lowest BCUT2D eigenvalue weighted by atomic mass is 9.67. The van der Waals surface area contributed by atoms with Crippen molar-refractivity contribution in [2.75, 3.05) is 13.1 Å². The van der Waals surface area contributed by atoms with Gasteiger partial charge in [-0.2, -0.15) is 0 Å². The summed E-state index contributed by atoms with van der Waals surface area (Å²) in [6, 6.07) is 0. The van der Waals surface area contributed by atoms with E-state index in [9.17, 15) is 0 Å². The standard InChI is InChI=1S/C15H27NO/c1-2-13-11-16-12-15(17-13)9-7-14(8-10-15)5-3-4-6-14/h13,16H,2-12H2,1H3. The van der Waals surface area contributed by atoms with Gasteiger partial charge in [0, 0.05) is 13.1 Å². The van der Waals surface area contributed by atoms with E-state index in [2.05, 4.69) is 12.2 Å². The van der Waals surface area contributed by atoms with E-state index >= 15 is 0 Å². The molecule has 0 amide bonds. The number of nitrogens with one attached hydrogen (secondary N) is 1. The van der Waals surface area contributed by atoms with Crippen LogP contribution in [-0.2, 0) is 4.74 Å². The first-order chi connectivity index (χ1) is 8.26. The summed E-state index contributed by atoms with van der Waals surface area (Å²) in [7, 11) is 0. The van der Waals surface area contributed by atoms with Gasteiger partial charge in [0.25, 0.3) is 0 Å². The first-order valence-electron chi connectivity index (χ1n) is 7.65. The van der Waals surface area contributed by atoms with Crippen LogP contribution in [0, 0.1) is 5.41 Å². The molecule has 0 aromatic rings. The van der Waals surface area contributed by atoms with E-state index in [0.29, 0.717) is 6.10 Å². The molecule has 2 heteroatoms. The van der Waals surface area contributed by atoms with Crippen LogP contribution in [0.25, 0.3) is 0 Å². The van der Waals surface area contributed by atoms with Gasteiger partial charge in [-0.3, -0.25) is 0 Å². The highest BCUT2D eigenvalue weighted by Gasteiger charge is 2.46. The van der Waals surface area contributed by atoms with E-state index in [1.807, 2.05) is 0 Å². The molecule has 3 rings (SSSR count). The lowest BCUT2D eigenvalue weighted by Crippen LogP contribution is -2.56. The first kappa shape index (κ1) is 12.0. The fraction of sp³-hybridized carbons (Fsp3) is 1.00. The average molecular weight is 237 g/mol. The fourth-order valence-corrected chi connectivity index (χ4v) is 4.28. The van der Waals surface area contributed by atoms with Crippen LogP contribution in [0.4, 0.5) is 0 Å². The minimum Gasteiger partial charge on any atom is -0.369 e. The van der Waals surface area contributed by atoms with Crippen molar-refractivity contribution < 1.29 is 4.74 Å². The van der Waals surface area contributed by atoms with Gasteiger partial charge in [0.2, 0.25) is 0 Å². The number of morpholine rings is 1. The van der Waals surface area contributed by atoms with E-state index in [4.69, 9.17) is 4.74 Å². The van der Waals surface area contributed by atoms with Gasteiger partial charge < -0.3 is 10.1 Å². The smallest absolute Gasteiger partial charge is 0.0811 e. The quantitative estimate of drug-likeness (QED) is 0.756. The van der Waals surface area contributed by atoms with Crippen molar-refractivity contribution in [3.05, 3.63) is 0 Å². The molecule has 1 heterocycles. The highest BCUT2D eigenvalue weighted by Crippen LogP contribution is 2.52. The van der Waals surface area contributed by atoms with Crippen molar-refractivity contribution in [1.82, 2.24) is 5.32 Å². The maximum atomic E-state index is 6.40. The van der Waals surface area contributed by atoms with Crippen LogP contribution in [0.1, 0.15) is 64.7 Å². The number of hydrogen-bond donors (Lipinski definition) is 1. The van der Waals surface area contributed by atoms with Crippen LogP contribution in [0.15, 0.2) is 0 Å². The molecule has 3 aliphatic rings. The molecular formula is C15H27NO. The van der Waals surface area contributed by atoms with E-state index in [0.717, 1.165) is 24.9 Å². The second-order valence-electron chi connectivity index (χ2n) is 6.67.